The van der Waals surface area contributed by atoms with Crippen molar-refractivity contribution in [2.75, 3.05) is 19.6 Å². The molecule has 3 N–H and O–H groups in total. The third-order valence-electron chi connectivity index (χ3n) is 4.32. The fourth-order valence-corrected chi connectivity index (χ4v) is 3.04. The summed E-state index contributed by atoms with van der Waals surface area (Å²) in [5.74, 6) is 2.25. The van der Waals surface area contributed by atoms with Crippen molar-refractivity contribution in [3.8, 4) is 0 Å². The predicted molar refractivity (Wildman–Crippen MR) is 111 cm³/mol. The van der Waals surface area contributed by atoms with Crippen LogP contribution in [0.3, 0.4) is 0 Å². The number of hydrogen-bond donors (Lipinski definition) is 3. The number of rotatable bonds is 9. The molecule has 0 aliphatic heterocycles. The minimum absolute atomic E-state index is 0. The van der Waals surface area contributed by atoms with Crippen LogP contribution in [0.2, 0.25) is 0 Å². The molecule has 1 aliphatic rings. The Morgan fingerprint density at radius 1 is 1.28 bits per heavy atom. The second kappa shape index (κ2) is 13.0. The molecule has 142 valence electrons. The van der Waals surface area contributed by atoms with Crippen molar-refractivity contribution in [3.63, 3.8) is 0 Å². The summed E-state index contributed by atoms with van der Waals surface area (Å²) in [6, 6.07) is 3.64. The summed E-state index contributed by atoms with van der Waals surface area (Å²) < 4.78 is 5.18. The Hall–Kier alpha value is -1.25. The van der Waals surface area contributed by atoms with E-state index in [1.165, 1.54) is 32.1 Å². The fourth-order valence-electron chi connectivity index (χ4n) is 3.04. The lowest BCUT2D eigenvalue weighted by Gasteiger charge is -2.13. The van der Waals surface area contributed by atoms with Crippen LogP contribution in [0.25, 0.3) is 0 Å². The molecule has 2 rings (SSSR count). The molecule has 1 heterocycles. The molecule has 1 saturated carbocycles. The Balaban J connectivity index is 0.00000312. The number of amides is 1. The van der Waals surface area contributed by atoms with E-state index >= 15 is 0 Å². The molecule has 0 spiro atoms. The van der Waals surface area contributed by atoms with E-state index in [2.05, 4.69) is 20.9 Å². The van der Waals surface area contributed by atoms with E-state index < -0.39 is 0 Å². The highest BCUT2D eigenvalue weighted by atomic mass is 127. The minimum Gasteiger partial charge on any atom is -0.467 e. The van der Waals surface area contributed by atoms with E-state index in [1.807, 2.05) is 13.0 Å². The molecule has 1 aliphatic carbocycles. The van der Waals surface area contributed by atoms with E-state index in [0.29, 0.717) is 12.5 Å². The van der Waals surface area contributed by atoms with Crippen LogP contribution >= 0.6 is 24.0 Å². The maximum absolute atomic E-state index is 11.8. The van der Waals surface area contributed by atoms with Crippen molar-refractivity contribution in [1.82, 2.24) is 16.0 Å². The van der Waals surface area contributed by atoms with Gasteiger partial charge in [0.15, 0.2) is 5.96 Å². The van der Waals surface area contributed by atoms with Crippen molar-refractivity contribution in [2.24, 2.45) is 10.9 Å². The van der Waals surface area contributed by atoms with Gasteiger partial charge < -0.3 is 20.4 Å². The zero-order chi connectivity index (χ0) is 17.0. The van der Waals surface area contributed by atoms with E-state index in [4.69, 9.17) is 4.42 Å². The summed E-state index contributed by atoms with van der Waals surface area (Å²) in [7, 11) is 0. The lowest BCUT2D eigenvalue weighted by molar-refractivity contribution is -0.119. The Morgan fingerprint density at radius 3 is 2.76 bits per heavy atom. The number of halogens is 1. The molecule has 1 fully saturated rings. The van der Waals surface area contributed by atoms with E-state index in [-0.39, 0.29) is 36.4 Å². The second-order valence-electron chi connectivity index (χ2n) is 6.27. The molecule has 0 aromatic carbocycles. The van der Waals surface area contributed by atoms with Crippen LogP contribution in [-0.4, -0.2) is 31.5 Å². The van der Waals surface area contributed by atoms with Gasteiger partial charge in [-0.25, -0.2) is 4.99 Å². The van der Waals surface area contributed by atoms with Gasteiger partial charge in [0.05, 0.1) is 12.8 Å². The Bertz CT molecular complexity index is 499. The lowest BCUT2D eigenvalue weighted by Crippen LogP contribution is -2.39. The van der Waals surface area contributed by atoms with Gasteiger partial charge in [-0.2, -0.15) is 0 Å². The summed E-state index contributed by atoms with van der Waals surface area (Å²) in [6.07, 6.45) is 9.62. The van der Waals surface area contributed by atoms with Gasteiger partial charge in [0.2, 0.25) is 5.91 Å². The highest BCUT2D eigenvalue weighted by Gasteiger charge is 2.14. The number of hydrogen-bond acceptors (Lipinski definition) is 3. The number of furan rings is 1. The predicted octanol–water partition coefficient (Wildman–Crippen LogP) is 3.04. The first kappa shape index (κ1) is 21.8. The molecule has 0 bridgehead atoms. The number of aliphatic imine (C=N–C) groups is 1. The van der Waals surface area contributed by atoms with Crippen LogP contribution in [-0.2, 0) is 11.3 Å². The zero-order valence-electron chi connectivity index (χ0n) is 15.1. The molecule has 7 heteroatoms. The third kappa shape index (κ3) is 9.13. The minimum atomic E-state index is -0.116. The SMILES string of the molecule is CCNC(=NCC(=O)NCc1ccco1)NCCCC1CCCC1.I. The van der Waals surface area contributed by atoms with Crippen LogP contribution in [0.15, 0.2) is 27.8 Å². The Morgan fingerprint density at radius 2 is 2.08 bits per heavy atom. The fraction of sp³-hybridized carbons (Fsp3) is 0.667. The molecular formula is C18H31IN4O2. The normalized spacial score (nSPS) is 14.8. The van der Waals surface area contributed by atoms with Crippen molar-refractivity contribution in [2.45, 2.75) is 52.0 Å². The van der Waals surface area contributed by atoms with Gasteiger partial charge in [0.1, 0.15) is 12.3 Å². The van der Waals surface area contributed by atoms with Gasteiger partial charge in [0.25, 0.3) is 0 Å². The number of guanidine groups is 1. The monoisotopic (exact) mass is 462 g/mol. The molecule has 1 aromatic rings. The standard InChI is InChI=1S/C18H30N4O2.HI/c1-2-19-18(20-11-5-9-15-7-3-4-8-15)22-14-17(23)21-13-16-10-6-12-24-16;/h6,10,12,15H,2-5,7-9,11,13-14H2,1H3,(H,21,23)(H2,19,20,22);1H. The quantitative estimate of drug-likeness (QED) is 0.228. The molecule has 6 nitrogen and oxygen atoms in total. The van der Waals surface area contributed by atoms with Crippen molar-refractivity contribution < 1.29 is 9.21 Å². The summed E-state index contributed by atoms with van der Waals surface area (Å²) in [4.78, 5) is 16.2. The average Bonchev–Trinajstić information content (AvgIpc) is 3.28. The summed E-state index contributed by atoms with van der Waals surface area (Å²) in [5.41, 5.74) is 0. The van der Waals surface area contributed by atoms with E-state index in [9.17, 15) is 4.79 Å². The molecule has 1 amide bonds. The zero-order valence-corrected chi connectivity index (χ0v) is 17.4. The summed E-state index contributed by atoms with van der Waals surface area (Å²) in [6.45, 7) is 4.21. The molecule has 0 unspecified atom stereocenters. The highest BCUT2D eigenvalue weighted by molar-refractivity contribution is 14.0. The third-order valence-corrected chi connectivity index (χ3v) is 4.32. The first-order chi connectivity index (χ1) is 11.8. The van der Waals surface area contributed by atoms with Crippen molar-refractivity contribution in [1.29, 1.82) is 0 Å². The van der Waals surface area contributed by atoms with Gasteiger partial charge in [-0.3, -0.25) is 4.79 Å². The topological polar surface area (TPSA) is 78.7 Å². The van der Waals surface area contributed by atoms with Gasteiger partial charge in [-0.05, 0) is 37.8 Å². The summed E-state index contributed by atoms with van der Waals surface area (Å²) in [5, 5.41) is 9.28. The molecule has 0 saturated heterocycles. The Labute approximate surface area is 167 Å². The van der Waals surface area contributed by atoms with E-state index in [0.717, 1.165) is 31.2 Å². The molecule has 25 heavy (non-hydrogen) atoms. The molecule has 0 radical (unpaired) electrons. The molecular weight excluding hydrogens is 431 g/mol. The number of nitrogens with zero attached hydrogens (tertiary/aromatic N) is 1. The van der Waals surface area contributed by atoms with Crippen LogP contribution in [0.4, 0.5) is 0 Å². The largest absolute Gasteiger partial charge is 0.467 e. The maximum atomic E-state index is 11.8. The first-order valence-electron chi connectivity index (χ1n) is 9.09. The van der Waals surface area contributed by atoms with Gasteiger partial charge >= 0.3 is 0 Å². The van der Waals surface area contributed by atoms with Gasteiger partial charge in [-0.1, -0.05) is 25.7 Å². The smallest absolute Gasteiger partial charge is 0.242 e. The molecule has 0 atom stereocenters. The second-order valence-corrected chi connectivity index (χ2v) is 6.27. The van der Waals surface area contributed by atoms with Gasteiger partial charge in [-0.15, -0.1) is 24.0 Å². The van der Waals surface area contributed by atoms with Crippen LogP contribution in [0, 0.1) is 5.92 Å². The number of nitrogens with one attached hydrogen (secondary N) is 3. The highest BCUT2D eigenvalue weighted by Crippen LogP contribution is 2.28. The van der Waals surface area contributed by atoms with Crippen LogP contribution < -0.4 is 16.0 Å². The molecule has 1 aromatic heterocycles. The van der Waals surface area contributed by atoms with Crippen LogP contribution in [0.1, 0.15) is 51.2 Å². The summed E-state index contributed by atoms with van der Waals surface area (Å²) >= 11 is 0. The van der Waals surface area contributed by atoms with Crippen molar-refractivity contribution >= 4 is 35.8 Å². The Kier molecular flexibility index (Phi) is 11.3. The lowest BCUT2D eigenvalue weighted by atomic mass is 10.0. The number of carbonyl (C=O) groups is 1. The van der Waals surface area contributed by atoms with Crippen molar-refractivity contribution in [3.05, 3.63) is 24.2 Å². The van der Waals surface area contributed by atoms with E-state index in [1.54, 1.807) is 12.3 Å². The average molecular weight is 462 g/mol. The van der Waals surface area contributed by atoms with Gasteiger partial charge in [0, 0.05) is 13.1 Å². The first-order valence-corrected chi connectivity index (χ1v) is 9.09. The maximum Gasteiger partial charge on any atom is 0.242 e. The van der Waals surface area contributed by atoms with Crippen LogP contribution in [0.5, 0.6) is 0 Å². The number of carbonyl (C=O) groups excluding carboxylic acids is 1.